The van der Waals surface area contributed by atoms with Crippen molar-refractivity contribution in [1.29, 1.82) is 0 Å². The highest BCUT2D eigenvalue weighted by molar-refractivity contribution is 6.51. The van der Waals surface area contributed by atoms with Gasteiger partial charge in [-0.05, 0) is 42.8 Å². The van der Waals surface area contributed by atoms with Crippen molar-refractivity contribution in [2.45, 2.75) is 13.0 Å². The second kappa shape index (κ2) is 9.11. The molecule has 3 aromatic rings. The number of halogens is 1. The Bertz CT molecular complexity index is 1310. The molecule has 0 bridgehead atoms. The van der Waals surface area contributed by atoms with E-state index in [-0.39, 0.29) is 22.0 Å². The Morgan fingerprint density at radius 3 is 2.26 bits per heavy atom. The van der Waals surface area contributed by atoms with E-state index in [4.69, 9.17) is 30.3 Å². The summed E-state index contributed by atoms with van der Waals surface area (Å²) in [6, 6.07) is 10.0. The van der Waals surface area contributed by atoms with Crippen LogP contribution in [0.15, 0.2) is 52.6 Å². The maximum atomic E-state index is 13.2. The van der Waals surface area contributed by atoms with Crippen LogP contribution < -0.4 is 19.1 Å². The van der Waals surface area contributed by atoms with Crippen LogP contribution in [0.5, 0.6) is 17.2 Å². The first kappa shape index (κ1) is 23.2. The third-order valence-electron chi connectivity index (χ3n) is 5.46. The zero-order valence-electron chi connectivity index (χ0n) is 18.8. The number of aliphatic hydroxyl groups excluding tert-OH is 1. The molecule has 1 aliphatic heterocycles. The zero-order valence-corrected chi connectivity index (χ0v) is 19.5. The quantitative estimate of drug-likeness (QED) is 0.313. The lowest BCUT2D eigenvalue weighted by atomic mass is 9.95. The average Bonchev–Trinajstić information content (AvgIpc) is 3.38. The number of hydrogen-bond acceptors (Lipinski definition) is 8. The number of aryl methyl sites for hydroxylation is 1. The van der Waals surface area contributed by atoms with Crippen molar-refractivity contribution in [2.24, 2.45) is 0 Å². The molecular weight excluding hydrogens is 464 g/mol. The SMILES string of the molecule is COc1ccc(C(O)=C2C(=O)C(=O)N(c3cc(C)on3)C2c2ccc(OC)c(OC)c2)cc1Cl. The van der Waals surface area contributed by atoms with E-state index < -0.39 is 23.5 Å². The number of benzene rings is 2. The van der Waals surface area contributed by atoms with Crippen LogP contribution in [0, 0.1) is 6.92 Å². The Balaban J connectivity index is 1.95. The van der Waals surface area contributed by atoms with Gasteiger partial charge in [0.2, 0.25) is 0 Å². The highest BCUT2D eigenvalue weighted by Gasteiger charge is 2.48. The Morgan fingerprint density at radius 1 is 1.00 bits per heavy atom. The minimum absolute atomic E-state index is 0.131. The number of aromatic nitrogens is 1. The largest absolute Gasteiger partial charge is 0.507 e. The molecule has 10 heteroatoms. The van der Waals surface area contributed by atoms with Crippen molar-refractivity contribution in [1.82, 2.24) is 5.16 Å². The minimum atomic E-state index is -1.02. The van der Waals surface area contributed by atoms with Gasteiger partial charge in [0.05, 0.1) is 38.0 Å². The summed E-state index contributed by atoms with van der Waals surface area (Å²) in [5.74, 6) is -0.328. The predicted octanol–water partition coefficient (Wildman–Crippen LogP) is 4.29. The molecule has 0 spiro atoms. The lowest BCUT2D eigenvalue weighted by Crippen LogP contribution is -2.29. The molecule has 1 atom stereocenters. The van der Waals surface area contributed by atoms with Gasteiger partial charge < -0.3 is 23.8 Å². The number of carbonyl (C=O) groups is 2. The van der Waals surface area contributed by atoms with Crippen LogP contribution in [0.3, 0.4) is 0 Å². The van der Waals surface area contributed by atoms with E-state index in [0.29, 0.717) is 28.6 Å². The topological polar surface area (TPSA) is 111 Å². The molecular formula is C24H21ClN2O7. The number of nitrogens with zero attached hydrogens (tertiary/aromatic N) is 2. The molecule has 0 saturated carbocycles. The molecule has 1 aliphatic rings. The van der Waals surface area contributed by atoms with Gasteiger partial charge in [0.25, 0.3) is 5.78 Å². The van der Waals surface area contributed by atoms with Crippen molar-refractivity contribution in [3.8, 4) is 17.2 Å². The Labute approximate surface area is 200 Å². The molecule has 1 aromatic heterocycles. The normalized spacial score (nSPS) is 17.2. The molecule has 9 nitrogen and oxygen atoms in total. The molecule has 1 unspecified atom stereocenters. The number of anilines is 1. The fraction of sp³-hybridized carbons (Fsp3) is 0.208. The van der Waals surface area contributed by atoms with Gasteiger partial charge in [0.1, 0.15) is 17.3 Å². The number of hydrogen-bond donors (Lipinski definition) is 1. The van der Waals surface area contributed by atoms with E-state index in [9.17, 15) is 14.7 Å². The monoisotopic (exact) mass is 484 g/mol. The fourth-order valence-corrected chi connectivity index (χ4v) is 4.10. The van der Waals surface area contributed by atoms with Crippen molar-refractivity contribution in [2.75, 3.05) is 26.2 Å². The Hall–Kier alpha value is -3.98. The van der Waals surface area contributed by atoms with Crippen LogP contribution in [0.25, 0.3) is 5.76 Å². The van der Waals surface area contributed by atoms with Gasteiger partial charge in [-0.2, -0.15) is 0 Å². The van der Waals surface area contributed by atoms with Crippen LogP contribution in [-0.2, 0) is 9.59 Å². The van der Waals surface area contributed by atoms with Crippen LogP contribution >= 0.6 is 11.6 Å². The number of carbonyl (C=O) groups excluding carboxylic acids is 2. The first-order valence-electron chi connectivity index (χ1n) is 10.1. The summed E-state index contributed by atoms with van der Waals surface area (Å²) in [6.07, 6.45) is 0. The maximum Gasteiger partial charge on any atom is 0.301 e. The predicted molar refractivity (Wildman–Crippen MR) is 124 cm³/mol. The molecule has 2 aromatic carbocycles. The molecule has 4 rings (SSSR count). The first-order valence-corrected chi connectivity index (χ1v) is 10.5. The highest BCUT2D eigenvalue weighted by Crippen LogP contribution is 2.44. The number of rotatable bonds is 6. The van der Waals surface area contributed by atoms with Gasteiger partial charge in [-0.3, -0.25) is 14.5 Å². The fourth-order valence-electron chi connectivity index (χ4n) is 3.84. The number of ketones is 1. The Morgan fingerprint density at radius 2 is 1.68 bits per heavy atom. The highest BCUT2D eigenvalue weighted by atomic mass is 35.5. The van der Waals surface area contributed by atoms with E-state index in [2.05, 4.69) is 5.16 Å². The van der Waals surface area contributed by atoms with Crippen molar-refractivity contribution < 1.29 is 33.4 Å². The molecule has 34 heavy (non-hydrogen) atoms. The van der Waals surface area contributed by atoms with E-state index in [1.54, 1.807) is 37.3 Å². The van der Waals surface area contributed by atoms with Gasteiger partial charge >= 0.3 is 5.91 Å². The van der Waals surface area contributed by atoms with Gasteiger partial charge in [0.15, 0.2) is 17.3 Å². The van der Waals surface area contributed by atoms with Crippen LogP contribution in [0.2, 0.25) is 5.02 Å². The van der Waals surface area contributed by atoms with Crippen LogP contribution in [-0.4, -0.2) is 43.3 Å². The number of methoxy groups -OCH3 is 3. The van der Waals surface area contributed by atoms with E-state index in [1.165, 1.54) is 38.4 Å². The van der Waals surface area contributed by atoms with Crippen molar-refractivity contribution in [3.63, 3.8) is 0 Å². The average molecular weight is 485 g/mol. The number of Topliss-reactive ketones (excluding diaryl/α,β-unsaturated/α-hetero) is 1. The van der Waals surface area contributed by atoms with Crippen LogP contribution in [0.4, 0.5) is 5.82 Å². The minimum Gasteiger partial charge on any atom is -0.507 e. The summed E-state index contributed by atoms with van der Waals surface area (Å²) >= 11 is 6.23. The summed E-state index contributed by atoms with van der Waals surface area (Å²) in [5, 5.41) is 15.4. The van der Waals surface area contributed by atoms with E-state index in [1.807, 2.05) is 0 Å². The van der Waals surface area contributed by atoms with E-state index in [0.717, 1.165) is 0 Å². The molecule has 1 saturated heterocycles. The molecule has 1 N–H and O–H groups in total. The summed E-state index contributed by atoms with van der Waals surface area (Å²) < 4.78 is 21.0. The standard InChI is InChI=1S/C24H21ClN2O7/c1-12-9-19(26-34-12)27-21(13-5-8-17(32-3)18(11-13)33-4)20(23(29)24(27)30)22(28)14-6-7-16(31-2)15(25)10-14/h5-11,21,28H,1-4H3. The summed E-state index contributed by atoms with van der Waals surface area (Å²) in [6.45, 7) is 1.66. The summed E-state index contributed by atoms with van der Waals surface area (Å²) in [4.78, 5) is 27.5. The van der Waals surface area contributed by atoms with Gasteiger partial charge in [-0.1, -0.05) is 22.8 Å². The lowest BCUT2D eigenvalue weighted by molar-refractivity contribution is -0.132. The molecule has 2 heterocycles. The van der Waals surface area contributed by atoms with E-state index >= 15 is 0 Å². The lowest BCUT2D eigenvalue weighted by Gasteiger charge is -2.23. The van der Waals surface area contributed by atoms with Gasteiger partial charge in [-0.15, -0.1) is 0 Å². The summed E-state index contributed by atoms with van der Waals surface area (Å²) in [5.41, 5.74) is 0.586. The number of amides is 1. The molecule has 0 aliphatic carbocycles. The number of aliphatic hydroxyl groups is 1. The second-order valence-corrected chi connectivity index (χ2v) is 7.84. The molecule has 1 fully saturated rings. The Kier molecular flexibility index (Phi) is 6.21. The van der Waals surface area contributed by atoms with Crippen LogP contribution in [0.1, 0.15) is 22.9 Å². The molecule has 0 radical (unpaired) electrons. The van der Waals surface area contributed by atoms with Crippen molar-refractivity contribution in [3.05, 3.63) is 69.9 Å². The third-order valence-corrected chi connectivity index (χ3v) is 5.75. The smallest absolute Gasteiger partial charge is 0.301 e. The van der Waals surface area contributed by atoms with Gasteiger partial charge in [0, 0.05) is 11.6 Å². The molecule has 176 valence electrons. The number of ether oxygens (including phenoxy) is 3. The molecule has 1 amide bonds. The third kappa shape index (κ3) is 3.84. The second-order valence-electron chi connectivity index (χ2n) is 7.43. The zero-order chi connectivity index (χ0) is 24.6. The maximum absolute atomic E-state index is 13.2. The van der Waals surface area contributed by atoms with Crippen molar-refractivity contribution >= 4 is 34.9 Å². The van der Waals surface area contributed by atoms with Gasteiger partial charge in [-0.25, -0.2) is 0 Å². The summed E-state index contributed by atoms with van der Waals surface area (Å²) in [7, 11) is 4.43. The first-order chi connectivity index (χ1) is 16.3.